The Kier molecular flexibility index (Phi) is 5.18. The van der Waals surface area contributed by atoms with Gasteiger partial charge in [-0.25, -0.2) is 0 Å². The maximum atomic E-state index is 12.7. The lowest BCUT2D eigenvalue weighted by Gasteiger charge is -2.11. The molecule has 0 aliphatic carbocycles. The van der Waals surface area contributed by atoms with Crippen LogP contribution in [0.2, 0.25) is 0 Å². The highest BCUT2D eigenvalue weighted by molar-refractivity contribution is 9.10. The van der Waals surface area contributed by atoms with E-state index in [1.165, 1.54) is 0 Å². The number of halogens is 1. The van der Waals surface area contributed by atoms with E-state index in [0.717, 1.165) is 33.3 Å². The van der Waals surface area contributed by atoms with E-state index in [1.54, 1.807) is 0 Å². The van der Waals surface area contributed by atoms with Crippen LogP contribution in [0.5, 0.6) is 5.75 Å². The van der Waals surface area contributed by atoms with Gasteiger partial charge < -0.3 is 4.74 Å². The minimum absolute atomic E-state index is 0.0494. The summed E-state index contributed by atoms with van der Waals surface area (Å²) in [6, 6.07) is 11.4. The predicted molar refractivity (Wildman–Crippen MR) is 89.3 cm³/mol. The zero-order chi connectivity index (χ0) is 15.4. The Labute approximate surface area is 134 Å². The number of rotatable bonds is 5. The largest absolute Gasteiger partial charge is 0.492 e. The minimum atomic E-state index is 0.0494. The fraction of sp³-hybridized carbons (Fsp3) is 0.278. The van der Waals surface area contributed by atoms with Crippen LogP contribution in [0, 0.1) is 13.8 Å². The summed E-state index contributed by atoms with van der Waals surface area (Å²) in [5.74, 6) is 0.822. The third kappa shape index (κ3) is 3.53. The monoisotopic (exact) mass is 346 g/mol. The third-order valence-electron chi connectivity index (χ3n) is 3.36. The maximum Gasteiger partial charge on any atom is 0.193 e. The average molecular weight is 347 g/mol. The molecule has 2 rings (SSSR count). The van der Waals surface area contributed by atoms with Crippen molar-refractivity contribution in [3.8, 4) is 5.75 Å². The van der Waals surface area contributed by atoms with Crippen LogP contribution in [-0.2, 0) is 0 Å². The summed E-state index contributed by atoms with van der Waals surface area (Å²) in [5, 5.41) is 0. The quantitative estimate of drug-likeness (QED) is 0.705. The summed E-state index contributed by atoms with van der Waals surface area (Å²) in [5.41, 5.74) is 3.46. The van der Waals surface area contributed by atoms with Crippen molar-refractivity contribution in [2.45, 2.75) is 27.2 Å². The molecule has 0 amide bonds. The van der Waals surface area contributed by atoms with E-state index >= 15 is 0 Å². The normalized spacial score (nSPS) is 10.5. The Morgan fingerprint density at radius 3 is 2.38 bits per heavy atom. The molecule has 0 bridgehead atoms. The Morgan fingerprint density at radius 2 is 1.81 bits per heavy atom. The molecule has 0 N–H and O–H groups in total. The molecule has 0 saturated carbocycles. The molecule has 2 nitrogen and oxygen atoms in total. The van der Waals surface area contributed by atoms with Crippen LogP contribution in [0.4, 0.5) is 0 Å². The molecule has 0 radical (unpaired) electrons. The van der Waals surface area contributed by atoms with Gasteiger partial charge in [-0.1, -0.05) is 25.1 Å². The number of ether oxygens (including phenoxy) is 1. The first-order chi connectivity index (χ1) is 10.0. The smallest absolute Gasteiger partial charge is 0.193 e. The van der Waals surface area contributed by atoms with Crippen molar-refractivity contribution in [2.24, 2.45) is 0 Å². The van der Waals surface area contributed by atoms with Crippen molar-refractivity contribution in [2.75, 3.05) is 6.61 Å². The molecule has 110 valence electrons. The number of ketones is 1. The molecule has 0 aromatic heterocycles. The first-order valence-corrected chi connectivity index (χ1v) is 7.87. The van der Waals surface area contributed by atoms with Crippen LogP contribution in [0.3, 0.4) is 0 Å². The lowest BCUT2D eigenvalue weighted by Crippen LogP contribution is -2.06. The van der Waals surface area contributed by atoms with Crippen LogP contribution >= 0.6 is 15.9 Å². The second kappa shape index (κ2) is 6.90. The second-order valence-electron chi connectivity index (χ2n) is 5.09. The SMILES string of the molecule is CCCOc1ccc(C(=O)c2c(C)cccc2C)cc1Br. The van der Waals surface area contributed by atoms with Crippen molar-refractivity contribution >= 4 is 21.7 Å². The Bertz CT molecular complexity index is 642. The second-order valence-corrected chi connectivity index (χ2v) is 5.94. The summed E-state index contributed by atoms with van der Waals surface area (Å²) in [6.45, 7) is 6.66. The van der Waals surface area contributed by atoms with Gasteiger partial charge in [0, 0.05) is 11.1 Å². The molecule has 0 fully saturated rings. The molecule has 0 aliphatic heterocycles. The number of hydrogen-bond donors (Lipinski definition) is 0. The third-order valence-corrected chi connectivity index (χ3v) is 3.98. The van der Waals surface area contributed by atoms with Crippen molar-refractivity contribution < 1.29 is 9.53 Å². The van der Waals surface area contributed by atoms with Crippen molar-refractivity contribution in [3.05, 3.63) is 63.1 Å². The van der Waals surface area contributed by atoms with Gasteiger partial charge in [-0.3, -0.25) is 4.79 Å². The molecule has 0 heterocycles. The first kappa shape index (κ1) is 15.8. The highest BCUT2D eigenvalue weighted by Crippen LogP contribution is 2.28. The van der Waals surface area contributed by atoms with Gasteiger partial charge in [-0.05, 0) is 65.5 Å². The molecule has 2 aromatic rings. The fourth-order valence-electron chi connectivity index (χ4n) is 2.29. The minimum Gasteiger partial charge on any atom is -0.492 e. The van der Waals surface area contributed by atoms with Gasteiger partial charge in [0.25, 0.3) is 0 Å². The van der Waals surface area contributed by atoms with E-state index in [9.17, 15) is 4.79 Å². The Hall–Kier alpha value is -1.61. The van der Waals surface area contributed by atoms with E-state index < -0.39 is 0 Å². The lowest BCUT2D eigenvalue weighted by atomic mass is 9.95. The molecule has 2 aromatic carbocycles. The van der Waals surface area contributed by atoms with Crippen molar-refractivity contribution in [1.29, 1.82) is 0 Å². The number of aryl methyl sites for hydroxylation is 2. The van der Waals surface area contributed by atoms with Gasteiger partial charge >= 0.3 is 0 Å². The van der Waals surface area contributed by atoms with Gasteiger partial charge in [-0.2, -0.15) is 0 Å². The molecule has 0 saturated heterocycles. The zero-order valence-electron chi connectivity index (χ0n) is 12.6. The van der Waals surface area contributed by atoms with Crippen molar-refractivity contribution in [3.63, 3.8) is 0 Å². The van der Waals surface area contributed by atoms with Crippen molar-refractivity contribution in [1.82, 2.24) is 0 Å². The fourth-order valence-corrected chi connectivity index (χ4v) is 2.78. The van der Waals surface area contributed by atoms with Crippen LogP contribution in [0.1, 0.15) is 40.4 Å². The number of hydrogen-bond acceptors (Lipinski definition) is 2. The van der Waals surface area contributed by atoms with E-state index in [1.807, 2.05) is 50.2 Å². The Balaban J connectivity index is 2.34. The summed E-state index contributed by atoms with van der Waals surface area (Å²) < 4.78 is 6.43. The van der Waals surface area contributed by atoms with Crippen LogP contribution in [0.25, 0.3) is 0 Å². The molecule has 3 heteroatoms. The van der Waals surface area contributed by atoms with Gasteiger partial charge in [-0.15, -0.1) is 0 Å². The first-order valence-electron chi connectivity index (χ1n) is 7.08. The van der Waals surface area contributed by atoms with E-state index in [0.29, 0.717) is 12.2 Å². The number of benzene rings is 2. The summed E-state index contributed by atoms with van der Waals surface area (Å²) >= 11 is 3.48. The molecular weight excluding hydrogens is 328 g/mol. The van der Waals surface area contributed by atoms with Gasteiger partial charge in [0.2, 0.25) is 0 Å². The van der Waals surface area contributed by atoms with Crippen LogP contribution < -0.4 is 4.74 Å². The molecule has 21 heavy (non-hydrogen) atoms. The van der Waals surface area contributed by atoms with Gasteiger partial charge in [0.15, 0.2) is 5.78 Å². The lowest BCUT2D eigenvalue weighted by molar-refractivity contribution is 0.103. The highest BCUT2D eigenvalue weighted by atomic mass is 79.9. The topological polar surface area (TPSA) is 26.3 Å². The van der Waals surface area contributed by atoms with Crippen LogP contribution in [0.15, 0.2) is 40.9 Å². The summed E-state index contributed by atoms with van der Waals surface area (Å²) in [7, 11) is 0. The van der Waals surface area contributed by atoms with Gasteiger partial charge in [0.1, 0.15) is 5.75 Å². The molecule has 0 spiro atoms. The van der Waals surface area contributed by atoms with E-state index in [4.69, 9.17) is 4.74 Å². The maximum absolute atomic E-state index is 12.7. The van der Waals surface area contributed by atoms with E-state index in [-0.39, 0.29) is 5.78 Å². The van der Waals surface area contributed by atoms with Gasteiger partial charge in [0.05, 0.1) is 11.1 Å². The van der Waals surface area contributed by atoms with Crippen LogP contribution in [-0.4, -0.2) is 12.4 Å². The predicted octanol–water partition coefficient (Wildman–Crippen LogP) is 5.09. The number of carbonyl (C=O) groups is 1. The molecule has 0 atom stereocenters. The average Bonchev–Trinajstić information content (AvgIpc) is 2.45. The Morgan fingerprint density at radius 1 is 1.14 bits per heavy atom. The van der Waals surface area contributed by atoms with E-state index in [2.05, 4.69) is 22.9 Å². The highest BCUT2D eigenvalue weighted by Gasteiger charge is 2.15. The molecule has 0 unspecified atom stereocenters. The summed E-state index contributed by atoms with van der Waals surface area (Å²) in [4.78, 5) is 12.7. The molecule has 0 aliphatic rings. The summed E-state index contributed by atoms with van der Waals surface area (Å²) in [6.07, 6.45) is 0.954. The standard InChI is InChI=1S/C18H19BrO2/c1-4-10-21-16-9-8-14(11-15(16)19)18(20)17-12(2)6-5-7-13(17)3/h5-9,11H,4,10H2,1-3H3. The molecular formula is C18H19BrO2. The zero-order valence-corrected chi connectivity index (χ0v) is 14.2. The number of carbonyl (C=O) groups excluding carboxylic acids is 1.